The van der Waals surface area contributed by atoms with E-state index in [1.807, 2.05) is 0 Å². The lowest BCUT2D eigenvalue weighted by Gasteiger charge is -2.06. The summed E-state index contributed by atoms with van der Waals surface area (Å²) in [6.45, 7) is 2.16. The van der Waals surface area contributed by atoms with Crippen molar-refractivity contribution in [1.29, 1.82) is 0 Å². The van der Waals surface area contributed by atoms with E-state index in [1.165, 1.54) is 28.4 Å². The van der Waals surface area contributed by atoms with Crippen molar-refractivity contribution in [2.75, 3.05) is 6.54 Å². The van der Waals surface area contributed by atoms with Crippen LogP contribution in [0.15, 0.2) is 22.7 Å². The summed E-state index contributed by atoms with van der Waals surface area (Å²) in [6, 6.07) is 6.44. The van der Waals surface area contributed by atoms with E-state index >= 15 is 0 Å². The second kappa shape index (κ2) is 3.58. The Bertz CT molecular complexity index is 283. The van der Waals surface area contributed by atoms with Crippen molar-refractivity contribution in [2.24, 2.45) is 0 Å². The van der Waals surface area contributed by atoms with Crippen molar-refractivity contribution in [3.8, 4) is 0 Å². The van der Waals surface area contributed by atoms with Gasteiger partial charge in [0.25, 0.3) is 0 Å². The standard InChI is InChI=1S/C10H12BrN/c11-10-5-1-3-8-7-12-6-2-4-9(8)10/h1,3,5,12H,2,4,6-7H2. The highest BCUT2D eigenvalue weighted by molar-refractivity contribution is 9.10. The predicted molar refractivity (Wildman–Crippen MR) is 54.2 cm³/mol. The fourth-order valence-corrected chi connectivity index (χ4v) is 2.27. The van der Waals surface area contributed by atoms with Crippen LogP contribution < -0.4 is 5.32 Å². The fraction of sp³-hybridized carbons (Fsp3) is 0.400. The third-order valence-electron chi connectivity index (χ3n) is 2.31. The topological polar surface area (TPSA) is 12.0 Å². The minimum absolute atomic E-state index is 1.02. The van der Waals surface area contributed by atoms with Crippen LogP contribution in [0, 0.1) is 0 Å². The molecule has 0 saturated carbocycles. The largest absolute Gasteiger partial charge is 0.313 e. The summed E-state index contributed by atoms with van der Waals surface area (Å²) >= 11 is 3.59. The molecule has 0 bridgehead atoms. The Morgan fingerprint density at radius 2 is 2.25 bits per heavy atom. The van der Waals surface area contributed by atoms with Crippen LogP contribution in [0.5, 0.6) is 0 Å². The molecule has 64 valence electrons. The number of hydrogen-bond acceptors (Lipinski definition) is 1. The molecule has 1 heterocycles. The van der Waals surface area contributed by atoms with E-state index in [4.69, 9.17) is 0 Å². The molecule has 0 amide bonds. The molecule has 0 aliphatic carbocycles. The highest BCUT2D eigenvalue weighted by Crippen LogP contribution is 2.23. The third-order valence-corrected chi connectivity index (χ3v) is 3.05. The molecule has 0 spiro atoms. The molecule has 0 atom stereocenters. The van der Waals surface area contributed by atoms with Gasteiger partial charge in [0.1, 0.15) is 0 Å². The molecule has 1 N–H and O–H groups in total. The molecule has 0 fully saturated rings. The first-order chi connectivity index (χ1) is 5.88. The van der Waals surface area contributed by atoms with E-state index < -0.39 is 0 Å². The van der Waals surface area contributed by atoms with Gasteiger partial charge in [-0.2, -0.15) is 0 Å². The Kier molecular flexibility index (Phi) is 2.47. The molecule has 1 aliphatic rings. The molecular formula is C10H12BrN. The molecule has 0 saturated heterocycles. The lowest BCUT2D eigenvalue weighted by atomic mass is 10.0. The Hall–Kier alpha value is -0.340. The summed E-state index contributed by atoms with van der Waals surface area (Å²) in [5.41, 5.74) is 2.93. The van der Waals surface area contributed by atoms with Gasteiger partial charge >= 0.3 is 0 Å². The van der Waals surface area contributed by atoms with Crippen molar-refractivity contribution in [1.82, 2.24) is 5.32 Å². The molecule has 12 heavy (non-hydrogen) atoms. The maximum absolute atomic E-state index is 3.59. The molecular weight excluding hydrogens is 214 g/mol. The van der Waals surface area contributed by atoms with Crippen LogP contribution in [0.4, 0.5) is 0 Å². The second-order valence-electron chi connectivity index (χ2n) is 3.16. The first-order valence-corrected chi connectivity index (χ1v) is 5.14. The molecule has 0 radical (unpaired) electrons. The molecule has 1 aromatic carbocycles. The lowest BCUT2D eigenvalue weighted by Crippen LogP contribution is -2.11. The van der Waals surface area contributed by atoms with Crippen LogP contribution >= 0.6 is 15.9 Å². The van der Waals surface area contributed by atoms with Gasteiger partial charge in [0, 0.05) is 11.0 Å². The maximum Gasteiger partial charge on any atom is 0.0210 e. The summed E-state index contributed by atoms with van der Waals surface area (Å²) in [5, 5.41) is 3.41. The third kappa shape index (κ3) is 1.54. The van der Waals surface area contributed by atoms with E-state index in [1.54, 1.807) is 0 Å². The van der Waals surface area contributed by atoms with Crippen LogP contribution in [0.2, 0.25) is 0 Å². The molecule has 0 unspecified atom stereocenters. The maximum atomic E-state index is 3.59. The average molecular weight is 226 g/mol. The average Bonchev–Trinajstić information content (AvgIpc) is 2.30. The van der Waals surface area contributed by atoms with Gasteiger partial charge < -0.3 is 5.32 Å². The summed E-state index contributed by atoms with van der Waals surface area (Å²) in [7, 11) is 0. The lowest BCUT2D eigenvalue weighted by molar-refractivity contribution is 0.680. The minimum Gasteiger partial charge on any atom is -0.313 e. The van der Waals surface area contributed by atoms with E-state index in [2.05, 4.69) is 39.4 Å². The van der Waals surface area contributed by atoms with Crippen LogP contribution in [0.3, 0.4) is 0 Å². The molecule has 2 rings (SSSR count). The summed E-state index contributed by atoms with van der Waals surface area (Å²) in [4.78, 5) is 0. The fourth-order valence-electron chi connectivity index (χ4n) is 1.66. The Balaban J connectivity index is 2.42. The number of nitrogens with one attached hydrogen (secondary N) is 1. The number of fused-ring (bicyclic) bond motifs is 1. The second-order valence-corrected chi connectivity index (χ2v) is 4.01. The predicted octanol–water partition coefficient (Wildman–Crippen LogP) is 2.48. The first-order valence-electron chi connectivity index (χ1n) is 4.35. The Labute approximate surface area is 81.3 Å². The van der Waals surface area contributed by atoms with Gasteiger partial charge in [0.05, 0.1) is 0 Å². The Morgan fingerprint density at radius 1 is 1.33 bits per heavy atom. The number of rotatable bonds is 0. The molecule has 1 aliphatic heterocycles. The van der Waals surface area contributed by atoms with Gasteiger partial charge in [-0.1, -0.05) is 28.1 Å². The zero-order valence-electron chi connectivity index (χ0n) is 6.94. The van der Waals surface area contributed by atoms with Crippen LogP contribution in [-0.2, 0) is 13.0 Å². The van der Waals surface area contributed by atoms with Crippen molar-refractivity contribution in [3.05, 3.63) is 33.8 Å². The summed E-state index contributed by atoms with van der Waals surface area (Å²) in [5.74, 6) is 0. The van der Waals surface area contributed by atoms with E-state index in [9.17, 15) is 0 Å². The molecule has 1 nitrogen and oxygen atoms in total. The van der Waals surface area contributed by atoms with Gasteiger partial charge in [-0.3, -0.25) is 0 Å². The SMILES string of the molecule is Brc1cccc2c1CCCNC2. The highest BCUT2D eigenvalue weighted by Gasteiger charge is 2.08. The van der Waals surface area contributed by atoms with Gasteiger partial charge in [0.15, 0.2) is 0 Å². The van der Waals surface area contributed by atoms with Crippen LogP contribution in [0.1, 0.15) is 17.5 Å². The number of hydrogen-bond donors (Lipinski definition) is 1. The summed E-state index contributed by atoms with van der Waals surface area (Å²) < 4.78 is 1.27. The first kappa shape index (κ1) is 8.27. The quantitative estimate of drug-likeness (QED) is 0.716. The smallest absolute Gasteiger partial charge is 0.0210 e. The van der Waals surface area contributed by atoms with Crippen molar-refractivity contribution < 1.29 is 0 Å². The molecule has 0 aromatic heterocycles. The number of halogens is 1. The van der Waals surface area contributed by atoms with Gasteiger partial charge in [-0.15, -0.1) is 0 Å². The molecule has 1 aromatic rings. The van der Waals surface area contributed by atoms with Crippen LogP contribution in [-0.4, -0.2) is 6.54 Å². The monoisotopic (exact) mass is 225 g/mol. The van der Waals surface area contributed by atoms with Crippen LogP contribution in [0.25, 0.3) is 0 Å². The van der Waals surface area contributed by atoms with Crippen molar-refractivity contribution >= 4 is 15.9 Å². The molecule has 2 heteroatoms. The van der Waals surface area contributed by atoms with E-state index in [0.717, 1.165) is 13.1 Å². The number of benzene rings is 1. The van der Waals surface area contributed by atoms with Gasteiger partial charge in [0.2, 0.25) is 0 Å². The zero-order chi connectivity index (χ0) is 8.39. The summed E-state index contributed by atoms with van der Waals surface area (Å²) in [6.07, 6.45) is 2.44. The highest BCUT2D eigenvalue weighted by atomic mass is 79.9. The minimum atomic E-state index is 1.02. The van der Waals surface area contributed by atoms with Crippen molar-refractivity contribution in [2.45, 2.75) is 19.4 Å². The van der Waals surface area contributed by atoms with Gasteiger partial charge in [-0.25, -0.2) is 0 Å². The van der Waals surface area contributed by atoms with Gasteiger partial charge in [-0.05, 0) is 36.6 Å². The van der Waals surface area contributed by atoms with Crippen molar-refractivity contribution in [3.63, 3.8) is 0 Å². The Morgan fingerprint density at radius 3 is 3.17 bits per heavy atom. The van der Waals surface area contributed by atoms with E-state index in [0.29, 0.717) is 0 Å². The zero-order valence-corrected chi connectivity index (χ0v) is 8.52. The van der Waals surface area contributed by atoms with E-state index in [-0.39, 0.29) is 0 Å². The normalized spacial score (nSPS) is 16.8.